The first-order chi connectivity index (χ1) is 18.8. The van der Waals surface area contributed by atoms with Gasteiger partial charge in [0.25, 0.3) is 11.5 Å². The smallest absolute Gasteiger partial charge is 0.274 e. The minimum Gasteiger partial charge on any atom is -0.378 e. The molecule has 0 atom stereocenters. The Balaban J connectivity index is 1.44. The summed E-state index contributed by atoms with van der Waals surface area (Å²) in [5.41, 5.74) is 2.52. The van der Waals surface area contributed by atoms with Crippen LogP contribution in [-0.4, -0.2) is 96.7 Å². The summed E-state index contributed by atoms with van der Waals surface area (Å²) in [6.45, 7) is 17.0. The van der Waals surface area contributed by atoms with Gasteiger partial charge in [-0.1, -0.05) is 12.1 Å². The summed E-state index contributed by atoms with van der Waals surface area (Å²) in [5.74, 6) is 2.25. The number of piperazine rings is 1. The molecule has 11 nitrogen and oxygen atoms in total. The summed E-state index contributed by atoms with van der Waals surface area (Å²) in [4.78, 5) is 35.7. The van der Waals surface area contributed by atoms with E-state index in [4.69, 9.17) is 19.7 Å². The number of rotatable bonds is 5. The van der Waals surface area contributed by atoms with Crippen LogP contribution in [0.4, 0.5) is 5.82 Å². The number of morpholine rings is 1. The minimum atomic E-state index is -0.0372. The second-order valence-electron chi connectivity index (χ2n) is 11.5. The van der Waals surface area contributed by atoms with Crippen LogP contribution in [0, 0.1) is 0 Å². The standard InChI is InChI=1S/C28H39N9O2/c1-6-36-26(38)20-9-7-8-10-21(20)37(36)27-30-24-23(25(31-27)34-15-17-39-18-16-34)29-22(32(24)5)19-33-11-13-35(14-12-33)28(2,3)4/h7-10H,6,11-19H2,1-5H3. The number of aromatic nitrogens is 6. The Morgan fingerprint density at radius 1 is 0.949 bits per heavy atom. The number of hydrogen-bond acceptors (Lipinski definition) is 8. The molecule has 39 heavy (non-hydrogen) atoms. The molecule has 2 fully saturated rings. The van der Waals surface area contributed by atoms with Crippen molar-refractivity contribution in [2.24, 2.45) is 7.05 Å². The lowest BCUT2D eigenvalue weighted by Crippen LogP contribution is -2.53. The Morgan fingerprint density at radius 2 is 1.67 bits per heavy atom. The maximum atomic E-state index is 13.2. The highest BCUT2D eigenvalue weighted by Crippen LogP contribution is 2.28. The monoisotopic (exact) mass is 533 g/mol. The molecule has 0 unspecified atom stereocenters. The first-order valence-electron chi connectivity index (χ1n) is 14.0. The number of benzene rings is 1. The molecule has 208 valence electrons. The van der Waals surface area contributed by atoms with Gasteiger partial charge in [-0.15, -0.1) is 0 Å². The lowest BCUT2D eigenvalue weighted by atomic mass is 10.1. The summed E-state index contributed by atoms with van der Waals surface area (Å²) in [6.07, 6.45) is 0. The van der Waals surface area contributed by atoms with Crippen LogP contribution in [0.3, 0.4) is 0 Å². The van der Waals surface area contributed by atoms with E-state index < -0.39 is 0 Å². The summed E-state index contributed by atoms with van der Waals surface area (Å²) >= 11 is 0. The molecule has 5 heterocycles. The Hall–Kier alpha value is -3.28. The van der Waals surface area contributed by atoms with E-state index in [1.807, 2.05) is 42.9 Å². The minimum absolute atomic E-state index is 0.0372. The van der Waals surface area contributed by atoms with Crippen LogP contribution in [0.5, 0.6) is 0 Å². The Labute approximate surface area is 228 Å². The largest absolute Gasteiger partial charge is 0.378 e. The highest BCUT2D eigenvalue weighted by molar-refractivity contribution is 5.86. The molecular weight excluding hydrogens is 494 g/mol. The van der Waals surface area contributed by atoms with Gasteiger partial charge in [0.15, 0.2) is 17.0 Å². The van der Waals surface area contributed by atoms with Crippen LogP contribution in [0.2, 0.25) is 0 Å². The molecule has 4 aromatic rings. The summed E-state index contributed by atoms with van der Waals surface area (Å²) in [6, 6.07) is 7.66. The zero-order chi connectivity index (χ0) is 27.3. The van der Waals surface area contributed by atoms with E-state index in [0.29, 0.717) is 31.1 Å². The predicted molar refractivity (Wildman–Crippen MR) is 153 cm³/mol. The molecule has 0 aliphatic carbocycles. The van der Waals surface area contributed by atoms with Gasteiger partial charge in [-0.3, -0.25) is 14.6 Å². The van der Waals surface area contributed by atoms with Gasteiger partial charge in [0.05, 0.1) is 30.7 Å². The van der Waals surface area contributed by atoms with E-state index in [9.17, 15) is 4.79 Å². The van der Waals surface area contributed by atoms with E-state index in [0.717, 1.165) is 74.1 Å². The maximum Gasteiger partial charge on any atom is 0.274 e. The number of fused-ring (bicyclic) bond motifs is 2. The zero-order valence-electron chi connectivity index (χ0n) is 23.7. The first-order valence-corrected chi connectivity index (χ1v) is 14.0. The van der Waals surface area contributed by atoms with Gasteiger partial charge < -0.3 is 14.2 Å². The predicted octanol–water partition coefficient (Wildman–Crippen LogP) is 2.24. The van der Waals surface area contributed by atoms with Crippen LogP contribution in [0.25, 0.3) is 28.0 Å². The number of anilines is 1. The lowest BCUT2D eigenvalue weighted by Gasteiger charge is -2.42. The first kappa shape index (κ1) is 26.0. The molecule has 2 saturated heterocycles. The molecule has 6 rings (SSSR count). The van der Waals surface area contributed by atoms with Crippen molar-refractivity contribution >= 4 is 27.9 Å². The van der Waals surface area contributed by atoms with E-state index in [-0.39, 0.29) is 11.1 Å². The van der Waals surface area contributed by atoms with Crippen molar-refractivity contribution in [1.82, 2.24) is 38.7 Å². The number of hydrogen-bond donors (Lipinski definition) is 0. The Morgan fingerprint density at radius 3 is 2.36 bits per heavy atom. The molecule has 0 radical (unpaired) electrons. The SMILES string of the molecule is CCn1c(=O)c2ccccc2n1-c1nc(N2CCOCC2)c2nc(CN3CCN(C(C)(C)C)CC3)n(C)c2n1. The fourth-order valence-electron chi connectivity index (χ4n) is 5.79. The third-order valence-electron chi connectivity index (χ3n) is 8.11. The fourth-order valence-corrected chi connectivity index (χ4v) is 5.79. The number of ether oxygens (including phenoxy) is 1. The number of nitrogens with zero attached hydrogens (tertiary/aromatic N) is 9. The third kappa shape index (κ3) is 4.62. The molecule has 0 amide bonds. The molecule has 0 N–H and O–H groups in total. The van der Waals surface area contributed by atoms with Crippen molar-refractivity contribution in [3.8, 4) is 5.95 Å². The van der Waals surface area contributed by atoms with Crippen molar-refractivity contribution in [1.29, 1.82) is 0 Å². The molecule has 2 aliphatic heterocycles. The molecule has 0 bridgehead atoms. The molecule has 0 saturated carbocycles. The Kier molecular flexibility index (Phi) is 6.68. The highest BCUT2D eigenvalue weighted by atomic mass is 16.5. The van der Waals surface area contributed by atoms with Crippen molar-refractivity contribution in [2.45, 2.75) is 46.3 Å². The average Bonchev–Trinajstić information content (AvgIpc) is 3.41. The second kappa shape index (κ2) is 10.0. The summed E-state index contributed by atoms with van der Waals surface area (Å²) in [5, 5.41) is 0.663. The summed E-state index contributed by atoms with van der Waals surface area (Å²) in [7, 11) is 2.04. The highest BCUT2D eigenvalue weighted by Gasteiger charge is 2.28. The zero-order valence-corrected chi connectivity index (χ0v) is 23.7. The quantitative estimate of drug-likeness (QED) is 0.386. The normalized spacial score (nSPS) is 18.0. The van der Waals surface area contributed by atoms with Crippen molar-refractivity contribution in [2.75, 3.05) is 57.4 Å². The van der Waals surface area contributed by atoms with E-state index in [1.165, 1.54) is 0 Å². The topological polar surface area (TPSA) is 89.5 Å². The maximum absolute atomic E-state index is 13.2. The van der Waals surface area contributed by atoms with Gasteiger partial charge in [0.2, 0.25) is 0 Å². The van der Waals surface area contributed by atoms with Gasteiger partial charge in [-0.25, -0.2) is 14.3 Å². The van der Waals surface area contributed by atoms with Crippen LogP contribution >= 0.6 is 0 Å². The van der Waals surface area contributed by atoms with Crippen molar-refractivity contribution < 1.29 is 4.74 Å². The van der Waals surface area contributed by atoms with Crippen LogP contribution in [0.1, 0.15) is 33.5 Å². The molecule has 11 heteroatoms. The van der Waals surface area contributed by atoms with Crippen LogP contribution in [-0.2, 0) is 24.9 Å². The molecule has 0 spiro atoms. The average molecular weight is 534 g/mol. The van der Waals surface area contributed by atoms with Crippen molar-refractivity contribution in [3.05, 3.63) is 40.4 Å². The molecule has 3 aromatic heterocycles. The molecule has 2 aliphatic rings. The van der Waals surface area contributed by atoms with Crippen LogP contribution in [0.15, 0.2) is 29.1 Å². The van der Waals surface area contributed by atoms with E-state index in [2.05, 4.69) is 40.0 Å². The fraction of sp³-hybridized carbons (Fsp3) is 0.571. The van der Waals surface area contributed by atoms with E-state index in [1.54, 1.807) is 4.68 Å². The van der Waals surface area contributed by atoms with Gasteiger partial charge in [0.1, 0.15) is 5.82 Å². The van der Waals surface area contributed by atoms with Gasteiger partial charge in [0, 0.05) is 58.4 Å². The van der Waals surface area contributed by atoms with Gasteiger partial charge in [-0.05, 0) is 39.8 Å². The molecular formula is C28H39N9O2. The number of imidazole rings is 1. The number of aryl methyl sites for hydroxylation is 1. The Bertz CT molecular complexity index is 1550. The van der Waals surface area contributed by atoms with Gasteiger partial charge in [-0.2, -0.15) is 9.97 Å². The summed E-state index contributed by atoms with van der Waals surface area (Å²) < 4.78 is 11.3. The van der Waals surface area contributed by atoms with Crippen LogP contribution < -0.4 is 10.5 Å². The third-order valence-corrected chi connectivity index (χ3v) is 8.11. The van der Waals surface area contributed by atoms with Gasteiger partial charge >= 0.3 is 0 Å². The van der Waals surface area contributed by atoms with E-state index >= 15 is 0 Å². The second-order valence-corrected chi connectivity index (χ2v) is 11.5. The molecule has 1 aromatic carbocycles. The van der Waals surface area contributed by atoms with Crippen molar-refractivity contribution in [3.63, 3.8) is 0 Å². The lowest BCUT2D eigenvalue weighted by molar-refractivity contribution is 0.0577. The number of para-hydroxylation sites is 1.